The van der Waals surface area contributed by atoms with Gasteiger partial charge in [-0.3, -0.25) is 14.3 Å². The molecule has 0 aliphatic carbocycles. The molecule has 6 nitrogen and oxygen atoms in total. The largest absolute Gasteiger partial charge is 0.481 e. The number of amides is 1. The number of nitrogens with one attached hydrogen (secondary N) is 1. The quantitative estimate of drug-likeness (QED) is 0.819. The van der Waals surface area contributed by atoms with Gasteiger partial charge < -0.3 is 10.4 Å². The molecular formula is C14H17N3O3S. The highest BCUT2D eigenvalue weighted by Crippen LogP contribution is 2.22. The van der Waals surface area contributed by atoms with Crippen molar-refractivity contribution in [2.75, 3.05) is 0 Å². The third kappa shape index (κ3) is 4.71. The Morgan fingerprint density at radius 3 is 2.90 bits per heavy atom. The van der Waals surface area contributed by atoms with E-state index in [1.54, 1.807) is 10.9 Å². The lowest BCUT2D eigenvalue weighted by Crippen LogP contribution is -2.30. The van der Waals surface area contributed by atoms with Crippen LogP contribution in [0.5, 0.6) is 0 Å². The molecule has 0 aliphatic rings. The number of rotatable bonds is 7. The highest BCUT2D eigenvalue weighted by atomic mass is 32.1. The molecule has 0 bridgehead atoms. The van der Waals surface area contributed by atoms with Gasteiger partial charge in [-0.25, -0.2) is 0 Å². The lowest BCUT2D eigenvalue weighted by Gasteiger charge is -2.15. The first kappa shape index (κ1) is 15.2. The van der Waals surface area contributed by atoms with E-state index >= 15 is 0 Å². The lowest BCUT2D eigenvalue weighted by atomic mass is 10.1. The molecule has 0 saturated heterocycles. The van der Waals surface area contributed by atoms with Crippen LogP contribution in [-0.2, 0) is 16.1 Å². The van der Waals surface area contributed by atoms with Gasteiger partial charge in [-0.1, -0.05) is 6.07 Å². The van der Waals surface area contributed by atoms with E-state index in [4.69, 9.17) is 5.11 Å². The molecule has 0 radical (unpaired) electrons. The van der Waals surface area contributed by atoms with Crippen LogP contribution in [0.3, 0.4) is 0 Å². The monoisotopic (exact) mass is 307 g/mol. The molecule has 112 valence electrons. The summed E-state index contributed by atoms with van der Waals surface area (Å²) in [5, 5.41) is 17.7. The maximum absolute atomic E-state index is 12.0. The summed E-state index contributed by atoms with van der Waals surface area (Å²) in [6.45, 7) is 2.41. The molecule has 1 atom stereocenters. The maximum atomic E-state index is 12.0. The Morgan fingerprint density at radius 1 is 1.52 bits per heavy atom. The first-order valence-electron chi connectivity index (χ1n) is 6.58. The Balaban J connectivity index is 1.90. The number of carbonyl (C=O) groups is 2. The molecule has 2 heterocycles. The van der Waals surface area contributed by atoms with Gasteiger partial charge in [0.25, 0.3) is 0 Å². The van der Waals surface area contributed by atoms with Crippen LogP contribution in [0.2, 0.25) is 0 Å². The van der Waals surface area contributed by atoms with Gasteiger partial charge in [-0.05, 0) is 23.9 Å². The van der Waals surface area contributed by atoms with E-state index in [1.807, 2.05) is 30.6 Å². The molecule has 0 unspecified atom stereocenters. The summed E-state index contributed by atoms with van der Waals surface area (Å²) in [5.74, 6) is -1.11. The molecule has 2 aromatic heterocycles. The van der Waals surface area contributed by atoms with Gasteiger partial charge in [0.15, 0.2) is 0 Å². The Bertz CT molecular complexity index is 607. The van der Waals surface area contributed by atoms with Crippen LogP contribution in [0, 0.1) is 6.92 Å². The highest BCUT2D eigenvalue weighted by Gasteiger charge is 2.18. The van der Waals surface area contributed by atoms with Crippen LogP contribution in [0.1, 0.15) is 29.3 Å². The number of carbonyl (C=O) groups excluding carboxylic acids is 1. The van der Waals surface area contributed by atoms with E-state index in [0.717, 1.165) is 10.4 Å². The molecule has 2 N–H and O–H groups in total. The zero-order valence-electron chi connectivity index (χ0n) is 11.7. The summed E-state index contributed by atoms with van der Waals surface area (Å²) in [5.41, 5.74) is 1.04. The average Bonchev–Trinajstić information content (AvgIpc) is 3.06. The van der Waals surface area contributed by atoms with Crippen LogP contribution in [0.25, 0.3) is 0 Å². The Hall–Kier alpha value is -2.15. The van der Waals surface area contributed by atoms with Gasteiger partial charge in [0.05, 0.1) is 18.7 Å². The molecule has 0 aromatic carbocycles. The molecule has 2 aromatic rings. The van der Waals surface area contributed by atoms with Crippen molar-refractivity contribution in [2.24, 2.45) is 0 Å². The molecule has 0 fully saturated rings. The minimum Gasteiger partial charge on any atom is -0.481 e. The van der Waals surface area contributed by atoms with Crippen molar-refractivity contribution in [1.82, 2.24) is 15.1 Å². The van der Waals surface area contributed by atoms with Crippen molar-refractivity contribution in [3.63, 3.8) is 0 Å². The van der Waals surface area contributed by atoms with Crippen molar-refractivity contribution in [3.05, 3.63) is 40.3 Å². The second-order valence-electron chi connectivity index (χ2n) is 4.76. The van der Waals surface area contributed by atoms with Crippen LogP contribution < -0.4 is 5.32 Å². The van der Waals surface area contributed by atoms with Gasteiger partial charge >= 0.3 is 5.97 Å². The second kappa shape index (κ2) is 7.03. The van der Waals surface area contributed by atoms with Crippen molar-refractivity contribution in [1.29, 1.82) is 0 Å². The summed E-state index contributed by atoms with van der Waals surface area (Å²) in [6, 6.07) is 3.19. The smallest absolute Gasteiger partial charge is 0.305 e. The fourth-order valence-corrected chi connectivity index (χ4v) is 2.74. The van der Waals surface area contributed by atoms with Crippen LogP contribution >= 0.6 is 11.3 Å². The molecule has 7 heteroatoms. The van der Waals surface area contributed by atoms with Crippen LogP contribution in [0.15, 0.2) is 29.9 Å². The van der Waals surface area contributed by atoms with Crippen LogP contribution in [-0.4, -0.2) is 26.8 Å². The number of thiophene rings is 1. The number of hydrogen-bond acceptors (Lipinski definition) is 4. The zero-order valence-corrected chi connectivity index (χ0v) is 12.5. The number of aryl methyl sites for hydroxylation is 2. The number of carboxylic acid groups (broad SMARTS) is 1. The van der Waals surface area contributed by atoms with Gasteiger partial charge in [0.2, 0.25) is 5.91 Å². The highest BCUT2D eigenvalue weighted by molar-refractivity contribution is 7.10. The average molecular weight is 307 g/mol. The summed E-state index contributed by atoms with van der Waals surface area (Å²) in [7, 11) is 0. The van der Waals surface area contributed by atoms with E-state index in [1.165, 1.54) is 11.3 Å². The van der Waals surface area contributed by atoms with Crippen molar-refractivity contribution < 1.29 is 14.7 Å². The Labute approximate surface area is 126 Å². The van der Waals surface area contributed by atoms with Gasteiger partial charge in [-0.15, -0.1) is 11.3 Å². The summed E-state index contributed by atoms with van der Waals surface area (Å²) in [6.07, 6.45) is 3.74. The number of nitrogens with zero attached hydrogens (tertiary/aromatic N) is 2. The lowest BCUT2D eigenvalue weighted by molar-refractivity contribution is -0.137. The fourth-order valence-electron chi connectivity index (χ4n) is 1.96. The summed E-state index contributed by atoms with van der Waals surface area (Å²) >= 11 is 1.44. The number of carboxylic acids is 1. The zero-order chi connectivity index (χ0) is 15.2. The van der Waals surface area contributed by atoms with E-state index in [9.17, 15) is 9.59 Å². The number of aromatic nitrogens is 2. The fraction of sp³-hybridized carbons (Fsp3) is 0.357. The normalized spacial score (nSPS) is 12.0. The Kier molecular flexibility index (Phi) is 5.10. The van der Waals surface area contributed by atoms with E-state index in [-0.39, 0.29) is 18.7 Å². The van der Waals surface area contributed by atoms with Gasteiger partial charge in [-0.2, -0.15) is 5.10 Å². The van der Waals surface area contributed by atoms with E-state index in [2.05, 4.69) is 10.4 Å². The number of aliphatic carboxylic acids is 1. The molecule has 1 amide bonds. The standard InChI is InChI=1S/C14H17N3O3S/c1-10-8-15-17(9-10)5-4-13(18)16-11(7-14(19)20)12-3-2-6-21-12/h2-3,6,8-9,11H,4-5,7H2,1H3,(H,16,18)(H,19,20)/t11-/m1/s1. The first-order valence-corrected chi connectivity index (χ1v) is 7.46. The Morgan fingerprint density at radius 2 is 2.33 bits per heavy atom. The predicted molar refractivity (Wildman–Crippen MR) is 79.0 cm³/mol. The first-order chi connectivity index (χ1) is 10.0. The molecular weight excluding hydrogens is 290 g/mol. The van der Waals surface area contributed by atoms with Gasteiger partial charge in [0.1, 0.15) is 0 Å². The minimum absolute atomic E-state index is 0.118. The molecule has 21 heavy (non-hydrogen) atoms. The van der Waals surface area contributed by atoms with Crippen LogP contribution in [0.4, 0.5) is 0 Å². The topological polar surface area (TPSA) is 84.2 Å². The third-order valence-corrected chi connectivity index (χ3v) is 3.92. The molecule has 0 aliphatic heterocycles. The molecule has 0 spiro atoms. The van der Waals surface area contributed by atoms with Gasteiger partial charge in [0, 0.05) is 24.0 Å². The second-order valence-corrected chi connectivity index (χ2v) is 5.74. The number of hydrogen-bond donors (Lipinski definition) is 2. The van der Waals surface area contributed by atoms with Crippen molar-refractivity contribution in [2.45, 2.75) is 32.4 Å². The van der Waals surface area contributed by atoms with Crippen molar-refractivity contribution >= 4 is 23.2 Å². The third-order valence-electron chi connectivity index (χ3n) is 2.93. The predicted octanol–water partition coefficient (Wildman–Crippen LogP) is 1.98. The van der Waals surface area contributed by atoms with Crippen molar-refractivity contribution in [3.8, 4) is 0 Å². The maximum Gasteiger partial charge on any atom is 0.305 e. The minimum atomic E-state index is -0.934. The molecule has 2 rings (SSSR count). The molecule has 0 saturated carbocycles. The summed E-state index contributed by atoms with van der Waals surface area (Å²) in [4.78, 5) is 23.7. The van der Waals surface area contributed by atoms with E-state index in [0.29, 0.717) is 6.54 Å². The summed E-state index contributed by atoms with van der Waals surface area (Å²) < 4.78 is 1.70. The van der Waals surface area contributed by atoms with E-state index < -0.39 is 12.0 Å². The SMILES string of the molecule is Cc1cnn(CCC(=O)N[C@H](CC(=O)O)c2cccs2)c1.